The second-order valence-electron chi connectivity index (χ2n) is 8.12. The molecular formula is C20H32BClN2O4. The van der Waals surface area contributed by atoms with Crippen LogP contribution in [0.25, 0.3) is 0 Å². The molecule has 1 aliphatic rings. The summed E-state index contributed by atoms with van der Waals surface area (Å²) >= 11 is 5.91. The van der Waals surface area contributed by atoms with Crippen molar-refractivity contribution in [1.82, 2.24) is 5.32 Å². The van der Waals surface area contributed by atoms with Gasteiger partial charge in [0.25, 0.3) is 0 Å². The molecule has 1 atom stereocenters. The third-order valence-electron chi connectivity index (χ3n) is 5.77. The van der Waals surface area contributed by atoms with E-state index in [0.717, 1.165) is 37.3 Å². The summed E-state index contributed by atoms with van der Waals surface area (Å²) in [6.45, 7) is 0.805. The van der Waals surface area contributed by atoms with Gasteiger partial charge in [0.1, 0.15) is 5.54 Å². The highest BCUT2D eigenvalue weighted by atomic mass is 35.5. The molecule has 28 heavy (non-hydrogen) atoms. The van der Waals surface area contributed by atoms with E-state index in [9.17, 15) is 9.90 Å². The van der Waals surface area contributed by atoms with E-state index in [-0.39, 0.29) is 6.32 Å². The van der Waals surface area contributed by atoms with Gasteiger partial charge in [-0.2, -0.15) is 0 Å². The average molecular weight is 411 g/mol. The number of aliphatic carboxylic acids is 1. The molecular weight excluding hydrogens is 378 g/mol. The molecule has 8 heteroatoms. The lowest BCUT2D eigenvalue weighted by Gasteiger charge is -2.34. The summed E-state index contributed by atoms with van der Waals surface area (Å²) < 4.78 is 0. The van der Waals surface area contributed by atoms with Crippen molar-refractivity contribution in [2.24, 2.45) is 11.7 Å². The Morgan fingerprint density at radius 1 is 1.18 bits per heavy atom. The van der Waals surface area contributed by atoms with E-state index in [1.165, 1.54) is 5.56 Å². The van der Waals surface area contributed by atoms with Crippen molar-refractivity contribution < 1.29 is 19.9 Å². The minimum absolute atomic E-state index is 0.250. The molecule has 2 rings (SSSR count). The van der Waals surface area contributed by atoms with Crippen molar-refractivity contribution in [1.29, 1.82) is 0 Å². The highest BCUT2D eigenvalue weighted by molar-refractivity contribution is 6.40. The molecule has 0 amide bonds. The van der Waals surface area contributed by atoms with Gasteiger partial charge in [-0.15, -0.1) is 0 Å². The Morgan fingerprint density at radius 3 is 2.39 bits per heavy atom. The van der Waals surface area contributed by atoms with E-state index >= 15 is 0 Å². The molecule has 0 aliphatic heterocycles. The molecule has 6 N–H and O–H groups in total. The second-order valence-corrected chi connectivity index (χ2v) is 8.55. The molecule has 0 bridgehead atoms. The van der Waals surface area contributed by atoms with E-state index < -0.39 is 18.6 Å². The molecule has 0 radical (unpaired) electrons. The molecule has 0 heterocycles. The third kappa shape index (κ3) is 7.72. The number of halogens is 1. The summed E-state index contributed by atoms with van der Waals surface area (Å²) in [6, 6.07) is 8.26. The first-order chi connectivity index (χ1) is 13.3. The second kappa shape index (κ2) is 11.2. The first-order valence-electron chi connectivity index (χ1n) is 10.1. The zero-order valence-electron chi connectivity index (χ0n) is 16.3. The number of hydrogen-bond donors (Lipinski definition) is 5. The van der Waals surface area contributed by atoms with Crippen molar-refractivity contribution >= 4 is 24.7 Å². The van der Waals surface area contributed by atoms with Crippen molar-refractivity contribution in [3.05, 3.63) is 34.9 Å². The summed E-state index contributed by atoms with van der Waals surface area (Å²) in [7, 11) is -1.34. The molecule has 0 aromatic heterocycles. The summed E-state index contributed by atoms with van der Waals surface area (Å²) in [5, 5.41) is 31.7. The van der Waals surface area contributed by atoms with Crippen LogP contribution < -0.4 is 11.1 Å². The van der Waals surface area contributed by atoms with Gasteiger partial charge >= 0.3 is 13.1 Å². The van der Waals surface area contributed by atoms with Crippen LogP contribution in [0.5, 0.6) is 0 Å². The van der Waals surface area contributed by atoms with Gasteiger partial charge in [-0.3, -0.25) is 4.79 Å². The Labute approximate surface area is 172 Å². The van der Waals surface area contributed by atoms with E-state index in [0.29, 0.717) is 37.6 Å². The summed E-state index contributed by atoms with van der Waals surface area (Å²) in [6.07, 6.45) is 6.22. The lowest BCUT2D eigenvalue weighted by atomic mass is 9.75. The fourth-order valence-corrected chi connectivity index (χ4v) is 4.14. The highest BCUT2D eigenvalue weighted by Gasteiger charge is 2.37. The smallest absolute Gasteiger partial charge is 0.451 e. The molecule has 1 aliphatic carbocycles. The fraction of sp³-hybridized carbons (Fsp3) is 0.650. The quantitative estimate of drug-likeness (QED) is 0.283. The largest absolute Gasteiger partial charge is 0.480 e. The maximum atomic E-state index is 11.7. The number of carbonyl (C=O) groups is 1. The lowest BCUT2D eigenvalue weighted by Crippen LogP contribution is -2.50. The molecule has 1 aromatic carbocycles. The predicted octanol–water partition coefficient (Wildman–Crippen LogP) is 2.80. The topological polar surface area (TPSA) is 116 Å². The first kappa shape index (κ1) is 23.2. The lowest BCUT2D eigenvalue weighted by molar-refractivity contribution is -0.144. The van der Waals surface area contributed by atoms with Gasteiger partial charge in [0.15, 0.2) is 0 Å². The van der Waals surface area contributed by atoms with Crippen molar-refractivity contribution in [2.45, 2.75) is 75.8 Å². The number of rotatable bonds is 11. The van der Waals surface area contributed by atoms with Crippen LogP contribution in [0.15, 0.2) is 24.3 Å². The molecule has 0 unspecified atom stereocenters. The minimum atomic E-state index is -1.34. The Morgan fingerprint density at radius 2 is 1.82 bits per heavy atom. The van der Waals surface area contributed by atoms with Crippen LogP contribution in [0.2, 0.25) is 11.3 Å². The Hall–Kier alpha value is -1.12. The van der Waals surface area contributed by atoms with Gasteiger partial charge in [0.2, 0.25) is 0 Å². The van der Waals surface area contributed by atoms with Gasteiger partial charge in [-0.25, -0.2) is 0 Å². The van der Waals surface area contributed by atoms with Crippen molar-refractivity contribution in [2.75, 3.05) is 0 Å². The zero-order chi connectivity index (χ0) is 20.6. The zero-order valence-corrected chi connectivity index (χ0v) is 17.1. The van der Waals surface area contributed by atoms with Crippen LogP contribution in [-0.4, -0.2) is 39.8 Å². The molecule has 1 fully saturated rings. The molecule has 1 saturated carbocycles. The van der Waals surface area contributed by atoms with Gasteiger partial charge in [0.05, 0.1) is 0 Å². The predicted molar refractivity (Wildman–Crippen MR) is 112 cm³/mol. The number of carboxylic acids is 1. The number of benzene rings is 1. The Balaban J connectivity index is 1.74. The third-order valence-corrected chi connectivity index (χ3v) is 6.02. The van der Waals surface area contributed by atoms with Crippen LogP contribution in [0.1, 0.15) is 56.9 Å². The Kier molecular flexibility index (Phi) is 9.24. The minimum Gasteiger partial charge on any atom is -0.480 e. The number of unbranched alkanes of at least 4 members (excludes halogenated alkanes) is 1. The summed E-state index contributed by atoms with van der Waals surface area (Å²) in [4.78, 5) is 11.7. The van der Waals surface area contributed by atoms with Crippen molar-refractivity contribution in [3.63, 3.8) is 0 Å². The average Bonchev–Trinajstić information content (AvgIpc) is 2.66. The SMILES string of the molecule is N[C@@](CCCCB(O)O)(CC1CCC(NCc2ccc(Cl)cc2)CC1)C(=O)O. The molecule has 6 nitrogen and oxygen atoms in total. The van der Waals surface area contributed by atoms with Crippen LogP contribution >= 0.6 is 11.6 Å². The monoisotopic (exact) mass is 410 g/mol. The first-order valence-corrected chi connectivity index (χ1v) is 10.5. The van der Waals surface area contributed by atoms with E-state index in [4.69, 9.17) is 27.4 Å². The highest BCUT2D eigenvalue weighted by Crippen LogP contribution is 2.32. The van der Waals surface area contributed by atoms with Gasteiger partial charge in [0, 0.05) is 17.6 Å². The van der Waals surface area contributed by atoms with Crippen molar-refractivity contribution in [3.8, 4) is 0 Å². The standard InChI is InChI=1S/C20H32BClN2O4/c22-17-7-3-16(4-8-17)14-24-18-9-5-15(6-10-18)13-20(23,19(25)26)11-1-2-12-21(27)28/h3-4,7-8,15,18,24,27-28H,1-2,5-6,9-14,23H2,(H,25,26)/t15?,18?,20-/m0/s1. The van der Waals surface area contributed by atoms with Gasteiger partial charge < -0.3 is 26.2 Å². The number of carboxylic acid groups (broad SMARTS) is 1. The number of nitrogens with two attached hydrogens (primary N) is 1. The summed E-state index contributed by atoms with van der Waals surface area (Å²) in [5.41, 5.74) is 6.19. The molecule has 0 saturated heterocycles. The van der Waals surface area contributed by atoms with Gasteiger partial charge in [-0.05, 0) is 68.5 Å². The normalized spacial score (nSPS) is 21.9. The van der Waals surface area contributed by atoms with Crippen LogP contribution in [-0.2, 0) is 11.3 Å². The number of nitrogens with one attached hydrogen (secondary N) is 1. The maximum Gasteiger partial charge on any atom is 0.451 e. The van der Waals surface area contributed by atoms with Crippen LogP contribution in [0.3, 0.4) is 0 Å². The van der Waals surface area contributed by atoms with Crippen LogP contribution in [0, 0.1) is 5.92 Å². The number of hydrogen-bond acceptors (Lipinski definition) is 5. The fourth-order valence-electron chi connectivity index (χ4n) is 4.01. The summed E-state index contributed by atoms with van der Waals surface area (Å²) in [5.74, 6) is -0.641. The van der Waals surface area contributed by atoms with E-state index in [1.807, 2.05) is 24.3 Å². The Bertz CT molecular complexity index is 609. The maximum absolute atomic E-state index is 11.7. The molecule has 1 aromatic rings. The van der Waals surface area contributed by atoms with E-state index in [2.05, 4.69) is 5.32 Å². The van der Waals surface area contributed by atoms with E-state index in [1.54, 1.807) is 0 Å². The van der Waals surface area contributed by atoms with Gasteiger partial charge in [-0.1, -0.05) is 36.6 Å². The molecule has 156 valence electrons. The van der Waals surface area contributed by atoms with Crippen LogP contribution in [0.4, 0.5) is 0 Å². The molecule has 0 spiro atoms.